The van der Waals surface area contributed by atoms with E-state index in [-0.39, 0.29) is 6.16 Å². The molecule has 0 aliphatic carbocycles. The van der Waals surface area contributed by atoms with Gasteiger partial charge in [0.15, 0.2) is 0 Å². The average molecular weight is 466 g/mol. The van der Waals surface area contributed by atoms with E-state index in [4.69, 9.17) is 0 Å². The Labute approximate surface area is 155 Å². The van der Waals surface area contributed by atoms with E-state index in [1.165, 1.54) is 24.3 Å². The van der Waals surface area contributed by atoms with Crippen LogP contribution in [0, 0.1) is 0 Å². The molecule has 0 aliphatic rings. The van der Waals surface area contributed by atoms with Crippen molar-refractivity contribution >= 4 is 16.9 Å². The number of hydrogen-bond acceptors (Lipinski definition) is 3. The van der Waals surface area contributed by atoms with E-state index in [0.717, 1.165) is 20.0 Å². The Morgan fingerprint density at radius 3 is 1.64 bits per heavy atom. The van der Waals surface area contributed by atoms with Crippen molar-refractivity contribution in [2.24, 2.45) is 0 Å². The van der Waals surface area contributed by atoms with Gasteiger partial charge in [-0.05, 0) is 0 Å². The van der Waals surface area contributed by atoms with Gasteiger partial charge >= 0.3 is 154 Å². The van der Waals surface area contributed by atoms with E-state index in [9.17, 15) is 47.9 Å². The van der Waals surface area contributed by atoms with Crippen molar-refractivity contribution in [1.82, 2.24) is 0 Å². The van der Waals surface area contributed by atoms with Crippen LogP contribution in [0.4, 0.5) is 39.5 Å². The summed E-state index contributed by atoms with van der Waals surface area (Å²) in [6.45, 7) is -1.27. The Bertz CT molecular complexity index is 812. The van der Waals surface area contributed by atoms with Crippen molar-refractivity contribution in [2.45, 2.75) is 29.4 Å². The molecule has 3 nitrogen and oxygen atoms in total. The summed E-state index contributed by atoms with van der Waals surface area (Å²) >= 11 is 0. The standard InChI is InChI=1S/C14H16F9O3PS/c1-27(2,3,9-10-7-5-4-6-8-10)26-28(24,25)14(22,23)12(17,18)11(15,16)13(19,20)21/h4-8H,9H2,1-3H3. The molecule has 28 heavy (non-hydrogen) atoms. The molecule has 0 aromatic heterocycles. The molecule has 164 valence electrons. The van der Waals surface area contributed by atoms with Crippen molar-refractivity contribution in [1.29, 1.82) is 0 Å². The molecular weight excluding hydrogens is 450 g/mol. The second kappa shape index (κ2) is 6.73. The van der Waals surface area contributed by atoms with E-state index < -0.39 is 40.2 Å². The van der Waals surface area contributed by atoms with Gasteiger partial charge in [0, 0.05) is 0 Å². The van der Waals surface area contributed by atoms with E-state index in [1.807, 2.05) is 0 Å². The fourth-order valence-electron chi connectivity index (χ4n) is 2.16. The molecular formula is C14H16F9O3PS. The van der Waals surface area contributed by atoms with Crippen molar-refractivity contribution in [2.75, 3.05) is 20.0 Å². The number of hydrogen-bond donors (Lipinski definition) is 0. The first-order chi connectivity index (χ1) is 12.1. The number of benzene rings is 1. The van der Waals surface area contributed by atoms with Gasteiger partial charge < -0.3 is 0 Å². The first-order valence-corrected chi connectivity index (χ1v) is 12.3. The monoisotopic (exact) mass is 466 g/mol. The fourth-order valence-corrected chi connectivity index (χ4v) is 7.55. The van der Waals surface area contributed by atoms with Crippen LogP contribution in [0.15, 0.2) is 30.3 Å². The van der Waals surface area contributed by atoms with E-state index in [2.05, 4.69) is 3.97 Å². The van der Waals surface area contributed by atoms with Crippen LogP contribution in [0.1, 0.15) is 5.56 Å². The molecule has 1 rings (SSSR count). The van der Waals surface area contributed by atoms with Crippen molar-refractivity contribution < 1.29 is 51.9 Å². The Balaban J connectivity index is 3.36. The van der Waals surface area contributed by atoms with Gasteiger partial charge in [0.2, 0.25) is 0 Å². The molecule has 14 heteroatoms. The van der Waals surface area contributed by atoms with Gasteiger partial charge in [-0.2, -0.15) is 0 Å². The van der Waals surface area contributed by atoms with E-state index in [0.29, 0.717) is 5.56 Å². The van der Waals surface area contributed by atoms with Crippen LogP contribution in [-0.2, 0) is 20.3 Å². The van der Waals surface area contributed by atoms with E-state index in [1.54, 1.807) is 6.07 Å². The Kier molecular flexibility index (Phi) is 6.00. The summed E-state index contributed by atoms with van der Waals surface area (Å²) in [6.07, 6.45) is -7.49. The summed E-state index contributed by atoms with van der Waals surface area (Å²) in [5.74, 6) is -14.6. The van der Waals surface area contributed by atoms with Crippen LogP contribution in [0.2, 0.25) is 0 Å². The average Bonchev–Trinajstić information content (AvgIpc) is 2.43. The third-order valence-electron chi connectivity index (χ3n) is 3.37. The summed E-state index contributed by atoms with van der Waals surface area (Å²) in [7, 11) is -6.90. The normalized spacial score (nSPS) is 16.5. The first-order valence-electron chi connectivity index (χ1n) is 7.26. The van der Waals surface area contributed by atoms with Crippen LogP contribution in [0.3, 0.4) is 0 Å². The first kappa shape index (κ1) is 25.0. The molecule has 0 heterocycles. The van der Waals surface area contributed by atoms with Crippen LogP contribution in [-0.4, -0.2) is 51.7 Å². The molecule has 0 radical (unpaired) electrons. The Hall–Kier alpha value is -1.07. The molecule has 0 amide bonds. The predicted octanol–water partition coefficient (Wildman–Crippen LogP) is 5.32. The summed E-state index contributed by atoms with van der Waals surface area (Å²) < 4.78 is 145. The number of alkyl halides is 9. The fraction of sp³-hybridized carbons (Fsp3) is 0.571. The van der Waals surface area contributed by atoms with Gasteiger partial charge in [0.25, 0.3) is 0 Å². The van der Waals surface area contributed by atoms with Crippen LogP contribution in [0.5, 0.6) is 0 Å². The van der Waals surface area contributed by atoms with Crippen molar-refractivity contribution in [3.63, 3.8) is 0 Å². The van der Waals surface area contributed by atoms with Crippen LogP contribution >= 0.6 is 6.83 Å². The van der Waals surface area contributed by atoms with Gasteiger partial charge in [-0.15, -0.1) is 0 Å². The molecule has 0 aliphatic heterocycles. The molecule has 0 saturated heterocycles. The molecule has 0 bridgehead atoms. The summed E-state index contributed by atoms with van der Waals surface area (Å²) in [4.78, 5) is 0. The summed E-state index contributed by atoms with van der Waals surface area (Å²) in [5, 5.41) is -6.86. The molecule has 0 unspecified atom stereocenters. The zero-order chi connectivity index (χ0) is 22.5. The van der Waals surface area contributed by atoms with Crippen molar-refractivity contribution in [3.05, 3.63) is 35.9 Å². The maximum absolute atomic E-state index is 13.8. The molecule has 0 fully saturated rings. The third-order valence-corrected chi connectivity index (χ3v) is 8.69. The zero-order valence-electron chi connectivity index (χ0n) is 14.6. The third kappa shape index (κ3) is 4.56. The van der Waals surface area contributed by atoms with Gasteiger partial charge in [0.1, 0.15) is 0 Å². The number of halogens is 9. The topological polar surface area (TPSA) is 43.4 Å². The summed E-state index contributed by atoms with van der Waals surface area (Å²) in [6, 6.07) is 7.40. The maximum atomic E-state index is 13.8. The zero-order valence-corrected chi connectivity index (χ0v) is 16.3. The van der Waals surface area contributed by atoms with Crippen LogP contribution in [0.25, 0.3) is 0 Å². The second-order valence-corrected chi connectivity index (χ2v) is 15.6. The van der Waals surface area contributed by atoms with Crippen LogP contribution < -0.4 is 0 Å². The number of rotatable bonds is 7. The Morgan fingerprint density at radius 2 is 1.25 bits per heavy atom. The molecule has 0 atom stereocenters. The van der Waals surface area contributed by atoms with Gasteiger partial charge in [0.05, 0.1) is 0 Å². The minimum atomic E-state index is -7.33. The molecule has 0 N–H and O–H groups in total. The molecule has 0 saturated carbocycles. The molecule has 1 aromatic rings. The van der Waals surface area contributed by atoms with Gasteiger partial charge in [-0.3, -0.25) is 0 Å². The molecule has 0 spiro atoms. The van der Waals surface area contributed by atoms with Gasteiger partial charge in [-0.1, -0.05) is 0 Å². The second-order valence-electron chi connectivity index (χ2n) is 7.30. The SMILES string of the molecule is CP(C)(C)(Cc1ccccc1)OS(=O)(=O)C(F)(F)C(F)(F)C(F)(F)C(F)(F)F. The minimum absolute atomic E-state index is 0.346. The quantitative estimate of drug-likeness (QED) is 0.404. The summed E-state index contributed by atoms with van der Waals surface area (Å²) in [5.41, 5.74) is 0.346. The predicted molar refractivity (Wildman–Crippen MR) is 85.7 cm³/mol. The van der Waals surface area contributed by atoms with E-state index >= 15 is 0 Å². The Morgan fingerprint density at radius 1 is 0.821 bits per heavy atom. The van der Waals surface area contributed by atoms with Gasteiger partial charge in [-0.25, -0.2) is 0 Å². The molecule has 1 aromatic carbocycles. The van der Waals surface area contributed by atoms with Crippen molar-refractivity contribution in [3.8, 4) is 0 Å².